The van der Waals surface area contributed by atoms with Gasteiger partial charge in [0.05, 0.1) is 0 Å². The molecule has 2 rings (SSSR count). The van der Waals surface area contributed by atoms with Crippen molar-refractivity contribution < 1.29 is 9.18 Å². The summed E-state index contributed by atoms with van der Waals surface area (Å²) in [5.41, 5.74) is 0.854. The molecule has 80 valence electrons. The van der Waals surface area contributed by atoms with Crippen LogP contribution in [0.4, 0.5) is 4.39 Å². The predicted molar refractivity (Wildman–Crippen MR) is 56.4 cm³/mol. The zero-order valence-electron chi connectivity index (χ0n) is 8.55. The molecular weight excluding hydrogens is 217 g/mol. The molecule has 0 radical (unpaired) electrons. The van der Waals surface area contributed by atoms with Gasteiger partial charge in [0.1, 0.15) is 5.82 Å². The molecule has 0 fully saturated rings. The molecular formula is C11H11ClFNO. The Labute approximate surface area is 92.6 Å². The van der Waals surface area contributed by atoms with E-state index < -0.39 is 5.82 Å². The summed E-state index contributed by atoms with van der Waals surface area (Å²) in [4.78, 5) is 13.5. The monoisotopic (exact) mass is 227 g/mol. The number of nitrogens with zero attached hydrogens (tertiary/aromatic N) is 1. The molecule has 2 nitrogen and oxygen atoms in total. The van der Waals surface area contributed by atoms with Crippen molar-refractivity contribution in [3.8, 4) is 0 Å². The zero-order chi connectivity index (χ0) is 11.2. The van der Waals surface area contributed by atoms with E-state index in [9.17, 15) is 9.18 Å². The second-order valence-corrected chi connectivity index (χ2v) is 4.38. The molecule has 1 amide bonds. The molecule has 0 spiro atoms. The lowest BCUT2D eigenvalue weighted by Crippen LogP contribution is -2.30. The average molecular weight is 228 g/mol. The second-order valence-electron chi connectivity index (χ2n) is 3.94. The maximum atomic E-state index is 13.5. The van der Waals surface area contributed by atoms with Crippen LogP contribution in [-0.4, -0.2) is 16.8 Å². The van der Waals surface area contributed by atoms with Gasteiger partial charge < -0.3 is 4.90 Å². The molecule has 0 saturated carbocycles. The normalized spacial score (nSPS) is 15.0. The van der Waals surface area contributed by atoms with E-state index >= 15 is 0 Å². The van der Waals surface area contributed by atoms with E-state index in [2.05, 4.69) is 0 Å². The fourth-order valence-electron chi connectivity index (χ4n) is 1.77. The Balaban J connectivity index is 2.50. The highest BCUT2D eigenvalue weighted by Gasteiger charge is 2.31. The van der Waals surface area contributed by atoms with Crippen LogP contribution in [0.15, 0.2) is 12.1 Å². The number of halogens is 2. The van der Waals surface area contributed by atoms with Crippen molar-refractivity contribution in [2.24, 2.45) is 0 Å². The third-order valence-electron chi connectivity index (χ3n) is 2.60. The molecule has 0 aromatic heterocycles. The first kappa shape index (κ1) is 10.4. The molecule has 1 aliphatic heterocycles. The average Bonchev–Trinajstić information content (AvgIpc) is 2.44. The first-order chi connectivity index (χ1) is 7.00. The van der Waals surface area contributed by atoms with Crippen LogP contribution in [0.3, 0.4) is 0 Å². The quantitative estimate of drug-likeness (QED) is 0.723. The van der Waals surface area contributed by atoms with Crippen molar-refractivity contribution in [2.75, 3.05) is 0 Å². The molecule has 1 heterocycles. The Bertz CT molecular complexity index is 431. The number of benzene rings is 1. The first-order valence-corrected chi connectivity index (χ1v) is 5.17. The third-order valence-corrected chi connectivity index (χ3v) is 2.82. The molecule has 0 unspecified atom stereocenters. The largest absolute Gasteiger partial charge is 0.332 e. The minimum atomic E-state index is -0.394. The molecule has 4 heteroatoms. The van der Waals surface area contributed by atoms with E-state index in [1.54, 1.807) is 4.90 Å². The van der Waals surface area contributed by atoms with Crippen molar-refractivity contribution in [2.45, 2.75) is 26.4 Å². The molecule has 1 aliphatic rings. The summed E-state index contributed by atoms with van der Waals surface area (Å²) in [6, 6.07) is 2.85. The Kier molecular flexibility index (Phi) is 2.43. The summed E-state index contributed by atoms with van der Waals surface area (Å²) in [6.45, 7) is 4.15. The maximum absolute atomic E-state index is 13.5. The topological polar surface area (TPSA) is 20.3 Å². The van der Waals surface area contributed by atoms with Crippen molar-refractivity contribution in [3.63, 3.8) is 0 Å². The van der Waals surface area contributed by atoms with Crippen LogP contribution in [-0.2, 0) is 6.54 Å². The maximum Gasteiger partial charge on any atom is 0.254 e. The van der Waals surface area contributed by atoms with Gasteiger partial charge in [-0.2, -0.15) is 0 Å². The first-order valence-electron chi connectivity index (χ1n) is 4.79. The van der Waals surface area contributed by atoms with Gasteiger partial charge in [0.25, 0.3) is 5.91 Å². The number of carbonyl (C=O) groups excluding carboxylic acids is 1. The number of amides is 1. The van der Waals surface area contributed by atoms with Crippen molar-refractivity contribution >= 4 is 17.5 Å². The SMILES string of the molecule is CC(C)N1Cc2c(F)cc(Cl)cc2C1=O. The molecule has 0 bridgehead atoms. The smallest absolute Gasteiger partial charge is 0.254 e. The van der Waals surface area contributed by atoms with Crippen LogP contribution >= 0.6 is 11.6 Å². The van der Waals surface area contributed by atoms with Gasteiger partial charge in [-0.1, -0.05) is 11.6 Å². The lowest BCUT2D eigenvalue weighted by Gasteiger charge is -2.19. The van der Waals surface area contributed by atoms with Gasteiger partial charge in [-0.05, 0) is 26.0 Å². The van der Waals surface area contributed by atoms with Gasteiger partial charge >= 0.3 is 0 Å². The third kappa shape index (κ3) is 1.61. The van der Waals surface area contributed by atoms with E-state index in [-0.39, 0.29) is 17.0 Å². The van der Waals surface area contributed by atoms with E-state index in [1.165, 1.54) is 12.1 Å². The summed E-state index contributed by atoms with van der Waals surface area (Å²) in [5.74, 6) is -0.532. The molecule has 1 aromatic carbocycles. The summed E-state index contributed by atoms with van der Waals surface area (Å²) in [6.07, 6.45) is 0. The predicted octanol–water partition coefficient (Wildman–Crippen LogP) is 2.84. The zero-order valence-corrected chi connectivity index (χ0v) is 9.31. The van der Waals surface area contributed by atoms with E-state index in [0.29, 0.717) is 17.7 Å². The van der Waals surface area contributed by atoms with Gasteiger partial charge in [0.2, 0.25) is 0 Å². The van der Waals surface area contributed by atoms with Crippen LogP contribution in [0.1, 0.15) is 29.8 Å². The van der Waals surface area contributed by atoms with E-state index in [4.69, 9.17) is 11.6 Å². The molecule has 0 atom stereocenters. The molecule has 15 heavy (non-hydrogen) atoms. The van der Waals surface area contributed by atoms with Crippen LogP contribution in [0.25, 0.3) is 0 Å². The lowest BCUT2D eigenvalue weighted by molar-refractivity contribution is 0.0730. The Morgan fingerprint density at radius 2 is 2.13 bits per heavy atom. The second kappa shape index (κ2) is 3.49. The molecule has 1 aromatic rings. The fraction of sp³-hybridized carbons (Fsp3) is 0.364. The van der Waals surface area contributed by atoms with E-state index in [0.717, 1.165) is 0 Å². The fourth-order valence-corrected chi connectivity index (χ4v) is 1.97. The highest BCUT2D eigenvalue weighted by molar-refractivity contribution is 6.31. The van der Waals surface area contributed by atoms with Gasteiger partial charge in [-0.25, -0.2) is 4.39 Å². The number of hydrogen-bond donors (Lipinski definition) is 0. The Hall–Kier alpha value is -1.09. The van der Waals surface area contributed by atoms with Crippen LogP contribution in [0.5, 0.6) is 0 Å². The van der Waals surface area contributed by atoms with Gasteiger partial charge in [0, 0.05) is 28.7 Å². The van der Waals surface area contributed by atoms with Gasteiger partial charge in [-0.15, -0.1) is 0 Å². The summed E-state index contributed by atoms with van der Waals surface area (Å²) < 4.78 is 13.5. The van der Waals surface area contributed by atoms with Crippen molar-refractivity contribution in [1.82, 2.24) is 4.90 Å². The van der Waals surface area contributed by atoms with Crippen LogP contribution in [0, 0.1) is 5.82 Å². The Morgan fingerprint density at radius 3 is 2.73 bits per heavy atom. The molecule has 0 aliphatic carbocycles. The summed E-state index contributed by atoms with van der Waals surface area (Å²) in [7, 11) is 0. The summed E-state index contributed by atoms with van der Waals surface area (Å²) in [5, 5.41) is 0.269. The Morgan fingerprint density at radius 1 is 1.47 bits per heavy atom. The number of fused-ring (bicyclic) bond motifs is 1. The minimum absolute atomic E-state index is 0.0723. The van der Waals surface area contributed by atoms with Crippen LogP contribution in [0.2, 0.25) is 5.02 Å². The standard InChI is InChI=1S/C11H11ClFNO/c1-6(2)14-5-9-8(11(14)15)3-7(12)4-10(9)13/h3-4,6H,5H2,1-2H3. The van der Waals surface area contributed by atoms with Crippen molar-refractivity contribution in [1.29, 1.82) is 0 Å². The van der Waals surface area contributed by atoms with Crippen LogP contribution < -0.4 is 0 Å². The molecule has 0 saturated heterocycles. The number of hydrogen-bond acceptors (Lipinski definition) is 1. The van der Waals surface area contributed by atoms with E-state index in [1.807, 2.05) is 13.8 Å². The molecule has 0 N–H and O–H groups in total. The lowest BCUT2D eigenvalue weighted by atomic mass is 10.1. The highest BCUT2D eigenvalue weighted by atomic mass is 35.5. The van der Waals surface area contributed by atoms with Gasteiger partial charge in [-0.3, -0.25) is 4.79 Å². The number of carbonyl (C=O) groups is 1. The van der Waals surface area contributed by atoms with Gasteiger partial charge in [0.15, 0.2) is 0 Å². The van der Waals surface area contributed by atoms with Crippen molar-refractivity contribution in [3.05, 3.63) is 34.1 Å². The summed E-state index contributed by atoms with van der Waals surface area (Å²) >= 11 is 5.71. The number of rotatable bonds is 1. The minimum Gasteiger partial charge on any atom is -0.332 e. The highest BCUT2D eigenvalue weighted by Crippen LogP contribution is 2.29.